The van der Waals surface area contributed by atoms with Crippen LogP contribution in [0.4, 0.5) is 0 Å². The summed E-state index contributed by atoms with van der Waals surface area (Å²) >= 11 is 0. The number of hydrogen-bond acceptors (Lipinski definition) is 0. The summed E-state index contributed by atoms with van der Waals surface area (Å²) in [7, 11) is -2.36. The van der Waals surface area contributed by atoms with Gasteiger partial charge in [-0.2, -0.15) is 0 Å². The maximum Gasteiger partial charge on any atom is 0.100 e. The van der Waals surface area contributed by atoms with Crippen molar-refractivity contribution in [2.75, 3.05) is 0 Å². The Bertz CT molecular complexity index is 926. The molecule has 0 heterocycles. The van der Waals surface area contributed by atoms with Crippen LogP contribution in [-0.2, 0) is 0 Å². The molecule has 128 valence electrons. The Morgan fingerprint density at radius 3 is 1.15 bits per heavy atom. The summed E-state index contributed by atoms with van der Waals surface area (Å²) in [5, 5.41) is 9.07. The largest absolute Gasteiger partial charge is 0.100 e. The number of rotatable bonds is 4. The first-order valence-corrected chi connectivity index (χ1v) is 14.0. The monoisotopic (exact) mass is 368 g/mol. The van der Waals surface area contributed by atoms with Crippen LogP contribution in [0.2, 0.25) is 13.1 Å². The highest BCUT2D eigenvalue weighted by molar-refractivity contribution is 6.88. The van der Waals surface area contributed by atoms with Crippen LogP contribution in [0.3, 0.4) is 0 Å². The van der Waals surface area contributed by atoms with Crippen LogP contribution in [0.1, 0.15) is 0 Å². The minimum absolute atomic E-state index is 1.18. The maximum absolute atomic E-state index is 2.45. The van der Waals surface area contributed by atoms with Gasteiger partial charge in [0.15, 0.2) is 0 Å². The van der Waals surface area contributed by atoms with E-state index in [1.54, 1.807) is 10.4 Å². The van der Waals surface area contributed by atoms with E-state index >= 15 is 0 Å². The van der Waals surface area contributed by atoms with Crippen LogP contribution in [-0.4, -0.2) is 17.6 Å². The summed E-state index contributed by atoms with van der Waals surface area (Å²) in [5.41, 5.74) is 0. The molecule has 2 atom stereocenters. The van der Waals surface area contributed by atoms with Gasteiger partial charge in [0.05, 0.1) is 0 Å². The minimum atomic E-state index is -1.18. The van der Waals surface area contributed by atoms with E-state index in [1.165, 1.54) is 21.1 Å². The zero-order valence-electron chi connectivity index (χ0n) is 15.4. The summed E-state index contributed by atoms with van der Waals surface area (Å²) in [6, 6.07) is 35.9. The van der Waals surface area contributed by atoms with E-state index < -0.39 is 17.6 Å². The molecule has 0 aliphatic rings. The molecule has 0 spiro atoms. The molecule has 0 fully saturated rings. The molecular formula is C24H24Si2. The zero-order valence-corrected chi connectivity index (χ0v) is 17.7. The lowest BCUT2D eigenvalue weighted by Gasteiger charge is -2.19. The third-order valence-corrected chi connectivity index (χ3v) is 11.2. The molecule has 2 heteroatoms. The Morgan fingerprint density at radius 2 is 0.769 bits per heavy atom. The first-order valence-electron chi connectivity index (χ1n) is 9.37. The Balaban J connectivity index is 1.84. The quantitative estimate of drug-likeness (QED) is 0.486. The van der Waals surface area contributed by atoms with Gasteiger partial charge in [-0.1, -0.05) is 131 Å². The summed E-state index contributed by atoms with van der Waals surface area (Å²) in [6.45, 7) is 4.91. The first kappa shape index (κ1) is 17.0. The predicted octanol–water partition coefficient (Wildman–Crippen LogP) is 2.78. The van der Waals surface area contributed by atoms with Crippen molar-refractivity contribution in [2.24, 2.45) is 0 Å². The normalized spacial score (nSPS) is 13.5. The molecule has 0 bridgehead atoms. The Morgan fingerprint density at radius 1 is 0.423 bits per heavy atom. The van der Waals surface area contributed by atoms with Crippen molar-refractivity contribution in [3.8, 4) is 0 Å². The van der Waals surface area contributed by atoms with Crippen molar-refractivity contribution in [2.45, 2.75) is 13.1 Å². The molecule has 0 N–H and O–H groups in total. The van der Waals surface area contributed by atoms with Gasteiger partial charge in [-0.25, -0.2) is 0 Å². The van der Waals surface area contributed by atoms with E-state index in [9.17, 15) is 0 Å². The summed E-state index contributed by atoms with van der Waals surface area (Å²) in [5.74, 6) is 0. The lowest BCUT2D eigenvalue weighted by molar-refractivity contribution is 1.73. The summed E-state index contributed by atoms with van der Waals surface area (Å²) < 4.78 is 0. The standard InChI is InChI=1S/C24H24Si2/c1-25(19-11-5-3-6-12-19)23-17-18-24(22-16-10-9-15-21(22)23)26(2)20-13-7-4-8-14-20/h3-18,25-26H,1-2H3. The van der Waals surface area contributed by atoms with Gasteiger partial charge in [0.1, 0.15) is 17.6 Å². The first-order chi connectivity index (χ1) is 12.8. The van der Waals surface area contributed by atoms with Crippen molar-refractivity contribution >= 4 is 49.1 Å². The van der Waals surface area contributed by atoms with Crippen molar-refractivity contribution < 1.29 is 0 Å². The second kappa shape index (κ2) is 7.44. The van der Waals surface area contributed by atoms with E-state index in [1.807, 2.05) is 0 Å². The van der Waals surface area contributed by atoms with Gasteiger partial charge in [-0.3, -0.25) is 0 Å². The number of hydrogen-bond donors (Lipinski definition) is 0. The van der Waals surface area contributed by atoms with Crippen LogP contribution in [0.5, 0.6) is 0 Å². The highest BCUT2D eigenvalue weighted by Crippen LogP contribution is 2.12. The van der Waals surface area contributed by atoms with E-state index in [0.29, 0.717) is 0 Å². The Labute approximate surface area is 159 Å². The average Bonchev–Trinajstić information content (AvgIpc) is 2.73. The maximum atomic E-state index is 2.45. The number of benzene rings is 4. The van der Waals surface area contributed by atoms with Crippen LogP contribution in [0, 0.1) is 0 Å². The van der Waals surface area contributed by atoms with Crippen molar-refractivity contribution in [1.29, 1.82) is 0 Å². The second-order valence-corrected chi connectivity index (χ2v) is 12.5. The highest BCUT2D eigenvalue weighted by atomic mass is 28.3. The molecule has 0 saturated carbocycles. The van der Waals surface area contributed by atoms with Crippen LogP contribution in [0.25, 0.3) is 10.8 Å². The summed E-state index contributed by atoms with van der Waals surface area (Å²) in [4.78, 5) is 0. The summed E-state index contributed by atoms with van der Waals surface area (Å²) in [6.07, 6.45) is 0. The van der Waals surface area contributed by atoms with E-state index in [-0.39, 0.29) is 0 Å². The number of fused-ring (bicyclic) bond motifs is 1. The molecule has 0 amide bonds. The third kappa shape index (κ3) is 3.18. The molecular weight excluding hydrogens is 344 g/mol. The molecule has 0 aromatic heterocycles. The fraction of sp³-hybridized carbons (Fsp3) is 0.0833. The molecule has 4 rings (SSSR count). The zero-order chi connectivity index (χ0) is 17.9. The second-order valence-electron chi connectivity index (χ2n) is 7.05. The minimum Gasteiger partial charge on any atom is -0.0641 e. The van der Waals surface area contributed by atoms with Crippen molar-refractivity contribution in [3.63, 3.8) is 0 Å². The van der Waals surface area contributed by atoms with Crippen LogP contribution < -0.4 is 20.7 Å². The molecule has 2 unspecified atom stereocenters. The molecule has 0 aliphatic heterocycles. The topological polar surface area (TPSA) is 0 Å². The molecule has 0 nitrogen and oxygen atoms in total. The van der Waals surface area contributed by atoms with E-state index in [0.717, 1.165) is 0 Å². The van der Waals surface area contributed by atoms with Gasteiger partial charge < -0.3 is 0 Å². The van der Waals surface area contributed by atoms with Crippen LogP contribution >= 0.6 is 0 Å². The third-order valence-electron chi connectivity index (χ3n) is 5.52. The van der Waals surface area contributed by atoms with Gasteiger partial charge in [0.2, 0.25) is 0 Å². The smallest absolute Gasteiger partial charge is 0.0641 e. The van der Waals surface area contributed by atoms with Gasteiger partial charge in [-0.05, 0) is 10.8 Å². The Hall–Kier alpha value is -2.43. The fourth-order valence-corrected chi connectivity index (χ4v) is 8.47. The van der Waals surface area contributed by atoms with Gasteiger partial charge in [0, 0.05) is 0 Å². The lowest BCUT2D eigenvalue weighted by Crippen LogP contribution is -2.43. The fourth-order valence-electron chi connectivity index (χ4n) is 3.94. The molecule has 4 aromatic rings. The predicted molar refractivity (Wildman–Crippen MR) is 121 cm³/mol. The SMILES string of the molecule is C[SiH](c1ccccc1)c1ccc([SiH](C)c2ccccc2)c2ccccc12. The van der Waals surface area contributed by atoms with Gasteiger partial charge in [-0.15, -0.1) is 0 Å². The molecule has 0 radical (unpaired) electrons. The molecule has 4 aromatic carbocycles. The van der Waals surface area contributed by atoms with Crippen LogP contribution in [0.15, 0.2) is 97.1 Å². The van der Waals surface area contributed by atoms with Gasteiger partial charge in [0.25, 0.3) is 0 Å². The molecule has 0 saturated heterocycles. The average molecular weight is 369 g/mol. The highest BCUT2D eigenvalue weighted by Gasteiger charge is 2.18. The van der Waals surface area contributed by atoms with Crippen molar-refractivity contribution in [1.82, 2.24) is 0 Å². The van der Waals surface area contributed by atoms with Gasteiger partial charge >= 0.3 is 0 Å². The Kier molecular flexibility index (Phi) is 4.87. The molecule has 26 heavy (non-hydrogen) atoms. The lowest BCUT2D eigenvalue weighted by atomic mass is 10.1. The van der Waals surface area contributed by atoms with Crippen molar-refractivity contribution in [3.05, 3.63) is 97.1 Å². The molecule has 0 aliphatic carbocycles. The van der Waals surface area contributed by atoms with E-state index in [4.69, 9.17) is 0 Å². The van der Waals surface area contributed by atoms with E-state index in [2.05, 4.69) is 110 Å².